The molecule has 1 aromatic rings. The summed E-state index contributed by atoms with van der Waals surface area (Å²) in [6, 6.07) is 6.85. The van der Waals surface area contributed by atoms with Crippen molar-refractivity contribution in [3.63, 3.8) is 0 Å². The summed E-state index contributed by atoms with van der Waals surface area (Å²) in [5.41, 5.74) is 2.30. The molecule has 0 radical (unpaired) electrons. The Hall–Kier alpha value is -0.450. The van der Waals surface area contributed by atoms with Crippen molar-refractivity contribution in [3.8, 4) is 0 Å². The maximum atomic E-state index is 6.44. The van der Waals surface area contributed by atoms with E-state index in [0.29, 0.717) is 28.9 Å². The number of rotatable bonds is 2. The number of hydrogen-bond donors (Lipinski definition) is 2. The van der Waals surface area contributed by atoms with Gasteiger partial charge in [0, 0.05) is 45.1 Å². The lowest BCUT2D eigenvalue weighted by atomic mass is 9.80. The van der Waals surface area contributed by atoms with Crippen molar-refractivity contribution in [1.82, 2.24) is 10.6 Å². The van der Waals surface area contributed by atoms with Crippen LogP contribution >= 0.6 is 35.0 Å². The SMILES string of the molecule is CSC1=CC(c2ccc(Cl)cc2Cl)=CC2C1NC1CCNCC12. The summed E-state index contributed by atoms with van der Waals surface area (Å²) >= 11 is 14.3. The van der Waals surface area contributed by atoms with E-state index in [9.17, 15) is 0 Å². The summed E-state index contributed by atoms with van der Waals surface area (Å²) < 4.78 is 0. The molecule has 5 heteroatoms. The van der Waals surface area contributed by atoms with Gasteiger partial charge in [-0.1, -0.05) is 35.3 Å². The third-order valence-electron chi connectivity index (χ3n) is 5.26. The highest BCUT2D eigenvalue weighted by molar-refractivity contribution is 8.02. The summed E-state index contributed by atoms with van der Waals surface area (Å²) in [6.45, 7) is 2.21. The fourth-order valence-electron chi connectivity index (χ4n) is 4.15. The van der Waals surface area contributed by atoms with Gasteiger partial charge in [0.2, 0.25) is 0 Å². The van der Waals surface area contributed by atoms with Crippen molar-refractivity contribution < 1.29 is 0 Å². The van der Waals surface area contributed by atoms with Gasteiger partial charge in [-0.15, -0.1) is 11.8 Å². The molecule has 3 aliphatic rings. The molecule has 2 heterocycles. The van der Waals surface area contributed by atoms with Crippen LogP contribution in [-0.2, 0) is 0 Å². The average Bonchev–Trinajstić information content (AvgIpc) is 2.92. The van der Waals surface area contributed by atoms with Gasteiger partial charge in [0.1, 0.15) is 0 Å². The normalized spacial score (nSPS) is 32.8. The zero-order valence-corrected chi connectivity index (χ0v) is 15.3. The topological polar surface area (TPSA) is 24.1 Å². The largest absolute Gasteiger partial charge is 0.316 e. The van der Waals surface area contributed by atoms with Crippen LogP contribution in [0.2, 0.25) is 10.0 Å². The minimum atomic E-state index is 0.453. The molecule has 23 heavy (non-hydrogen) atoms. The van der Waals surface area contributed by atoms with Gasteiger partial charge < -0.3 is 10.6 Å². The van der Waals surface area contributed by atoms with Crippen LogP contribution in [0.1, 0.15) is 12.0 Å². The van der Waals surface area contributed by atoms with E-state index in [-0.39, 0.29) is 0 Å². The fourth-order valence-corrected chi connectivity index (χ4v) is 5.39. The van der Waals surface area contributed by atoms with E-state index < -0.39 is 0 Å². The number of piperidine rings is 1. The Morgan fingerprint density at radius 1 is 1.26 bits per heavy atom. The molecule has 1 aliphatic carbocycles. The molecule has 2 fully saturated rings. The van der Waals surface area contributed by atoms with Crippen molar-refractivity contribution >= 4 is 40.5 Å². The van der Waals surface area contributed by atoms with E-state index >= 15 is 0 Å². The quantitative estimate of drug-likeness (QED) is 0.819. The smallest absolute Gasteiger partial charge is 0.0499 e. The number of thioether (sulfide) groups is 1. The molecule has 2 saturated heterocycles. The van der Waals surface area contributed by atoms with E-state index in [4.69, 9.17) is 23.2 Å². The first kappa shape index (κ1) is 16.0. The summed E-state index contributed by atoms with van der Waals surface area (Å²) in [5.74, 6) is 1.19. The maximum absolute atomic E-state index is 6.44. The predicted molar refractivity (Wildman–Crippen MR) is 101 cm³/mol. The number of hydrogen-bond acceptors (Lipinski definition) is 3. The second-order valence-electron chi connectivity index (χ2n) is 6.48. The molecule has 0 spiro atoms. The van der Waals surface area contributed by atoms with Crippen LogP contribution in [0.15, 0.2) is 35.3 Å². The molecular weight excluding hydrogens is 347 g/mol. The Morgan fingerprint density at radius 3 is 2.91 bits per heavy atom. The van der Waals surface area contributed by atoms with Gasteiger partial charge in [0.15, 0.2) is 0 Å². The molecule has 4 atom stereocenters. The molecule has 2 aliphatic heterocycles. The Morgan fingerprint density at radius 2 is 2.13 bits per heavy atom. The molecule has 0 amide bonds. The van der Waals surface area contributed by atoms with Gasteiger partial charge in [-0.25, -0.2) is 0 Å². The van der Waals surface area contributed by atoms with Crippen molar-refractivity contribution in [2.24, 2.45) is 11.8 Å². The molecule has 4 unspecified atom stereocenters. The lowest BCUT2D eigenvalue weighted by molar-refractivity contribution is 0.316. The predicted octanol–water partition coefficient (Wildman–Crippen LogP) is 4.20. The van der Waals surface area contributed by atoms with Gasteiger partial charge in [-0.2, -0.15) is 0 Å². The van der Waals surface area contributed by atoms with Crippen molar-refractivity contribution in [2.75, 3.05) is 19.3 Å². The third-order valence-corrected chi connectivity index (χ3v) is 6.65. The van der Waals surface area contributed by atoms with Crippen LogP contribution < -0.4 is 10.6 Å². The van der Waals surface area contributed by atoms with E-state index in [2.05, 4.69) is 29.0 Å². The Balaban J connectivity index is 1.74. The maximum Gasteiger partial charge on any atom is 0.0499 e. The van der Waals surface area contributed by atoms with Crippen LogP contribution in [0.3, 0.4) is 0 Å². The molecule has 2 N–H and O–H groups in total. The Bertz CT molecular complexity index is 686. The average molecular weight is 367 g/mol. The van der Waals surface area contributed by atoms with Gasteiger partial charge in [-0.05, 0) is 48.9 Å². The molecule has 0 bridgehead atoms. The Kier molecular flexibility index (Phi) is 4.50. The zero-order chi connectivity index (χ0) is 16.0. The van der Waals surface area contributed by atoms with Crippen LogP contribution in [0.5, 0.6) is 0 Å². The third kappa shape index (κ3) is 2.87. The highest BCUT2D eigenvalue weighted by Crippen LogP contribution is 2.44. The summed E-state index contributed by atoms with van der Waals surface area (Å²) in [4.78, 5) is 1.41. The van der Waals surface area contributed by atoms with E-state index in [1.807, 2.05) is 30.0 Å². The molecule has 4 rings (SSSR count). The van der Waals surface area contributed by atoms with Crippen molar-refractivity contribution in [1.29, 1.82) is 0 Å². The first-order valence-electron chi connectivity index (χ1n) is 8.07. The van der Waals surface area contributed by atoms with E-state index in [1.165, 1.54) is 16.9 Å². The molecule has 0 aromatic heterocycles. The minimum absolute atomic E-state index is 0.453. The van der Waals surface area contributed by atoms with Crippen molar-refractivity contribution in [2.45, 2.75) is 18.5 Å². The summed E-state index contributed by atoms with van der Waals surface area (Å²) in [7, 11) is 0. The van der Waals surface area contributed by atoms with E-state index in [1.54, 1.807) is 0 Å². The number of nitrogens with one attached hydrogen (secondary N) is 2. The van der Waals surface area contributed by atoms with E-state index in [0.717, 1.165) is 23.7 Å². The first-order chi connectivity index (χ1) is 11.2. The van der Waals surface area contributed by atoms with Gasteiger partial charge >= 0.3 is 0 Å². The first-order valence-corrected chi connectivity index (χ1v) is 10.0. The van der Waals surface area contributed by atoms with Crippen LogP contribution in [0.25, 0.3) is 5.57 Å². The number of fused-ring (bicyclic) bond motifs is 3. The highest BCUT2D eigenvalue weighted by Gasteiger charge is 2.45. The lowest BCUT2D eigenvalue weighted by Crippen LogP contribution is -2.42. The number of allylic oxidation sites excluding steroid dienone is 2. The fraction of sp³-hybridized carbons (Fsp3) is 0.444. The molecule has 1 aromatic carbocycles. The molecule has 2 nitrogen and oxygen atoms in total. The van der Waals surface area contributed by atoms with Crippen LogP contribution in [0.4, 0.5) is 0 Å². The number of halogens is 2. The summed E-state index contributed by atoms with van der Waals surface area (Å²) in [5, 5.41) is 8.83. The van der Waals surface area contributed by atoms with Crippen LogP contribution in [-0.4, -0.2) is 31.4 Å². The van der Waals surface area contributed by atoms with Gasteiger partial charge in [-0.3, -0.25) is 0 Å². The second kappa shape index (κ2) is 6.45. The van der Waals surface area contributed by atoms with Gasteiger partial charge in [0.25, 0.3) is 0 Å². The zero-order valence-electron chi connectivity index (χ0n) is 13.0. The Labute approximate surface area is 151 Å². The second-order valence-corrected chi connectivity index (χ2v) is 8.21. The standard InChI is InChI=1S/C18H20Cl2N2S/c1-23-17-7-10(12-3-2-11(19)8-15(12)20)6-13-14-9-21-5-4-16(14)22-18(13)17/h2-3,6-8,13-14,16,18,21-22H,4-5,9H2,1H3. The van der Waals surface area contributed by atoms with Gasteiger partial charge in [0.05, 0.1) is 0 Å². The lowest BCUT2D eigenvalue weighted by Gasteiger charge is -2.30. The molecule has 122 valence electrons. The van der Waals surface area contributed by atoms with Crippen molar-refractivity contribution in [3.05, 3.63) is 50.9 Å². The monoisotopic (exact) mass is 366 g/mol. The van der Waals surface area contributed by atoms with Crippen LogP contribution in [0, 0.1) is 11.8 Å². The molecular formula is C18H20Cl2N2S. The number of benzene rings is 1. The highest BCUT2D eigenvalue weighted by atomic mass is 35.5. The summed E-state index contributed by atoms with van der Waals surface area (Å²) in [6.07, 6.45) is 8.09. The minimum Gasteiger partial charge on any atom is -0.316 e. The molecule has 0 saturated carbocycles.